The Morgan fingerprint density at radius 3 is 1.10 bits per heavy atom. The van der Waals surface area contributed by atoms with Crippen LogP contribution in [0.2, 0.25) is 0 Å². The predicted molar refractivity (Wildman–Crippen MR) is 221 cm³/mol. The van der Waals surface area contributed by atoms with Gasteiger partial charge in [0.15, 0.2) is 0 Å². The molecule has 3 aliphatic rings. The van der Waals surface area contributed by atoms with Crippen molar-refractivity contribution in [3.63, 3.8) is 0 Å². The standard InChI is InChI=1S/C48H46O2P2/c1-32-16-5-9-24-40(32)51(41-25-10-6-17-33(41)2)44-28-13-20-36-30-38-22-15-23-39-31-37-21-14-29-45(47(37)50-48(38,39)49-46(36)44)52(42-26-11-7-18-34(42)3)43-27-12-8-19-35(43)4/h5-14,16-21,24-29,38-39H,15,22-23,30-31H2,1-4H3/t38-,39?,48-/m1/s1. The smallest absolute Gasteiger partial charge is 0.257 e. The van der Waals surface area contributed by atoms with Crippen LogP contribution >= 0.6 is 15.8 Å². The Labute approximate surface area is 311 Å². The van der Waals surface area contributed by atoms with Crippen LogP contribution in [0.25, 0.3) is 0 Å². The van der Waals surface area contributed by atoms with Crippen LogP contribution in [-0.2, 0) is 12.8 Å². The molecule has 0 radical (unpaired) electrons. The van der Waals surface area contributed by atoms with Crippen LogP contribution in [0.3, 0.4) is 0 Å². The van der Waals surface area contributed by atoms with Crippen LogP contribution in [0, 0.1) is 39.5 Å². The molecule has 0 bridgehead atoms. The van der Waals surface area contributed by atoms with Crippen molar-refractivity contribution in [3.8, 4) is 11.5 Å². The molecule has 1 aliphatic carbocycles. The minimum Gasteiger partial charge on any atom is -0.451 e. The molecule has 0 aromatic heterocycles. The van der Waals surface area contributed by atoms with Crippen LogP contribution in [-0.4, -0.2) is 5.79 Å². The van der Waals surface area contributed by atoms with Crippen LogP contribution in [0.4, 0.5) is 0 Å². The van der Waals surface area contributed by atoms with Gasteiger partial charge < -0.3 is 9.47 Å². The maximum atomic E-state index is 7.71. The van der Waals surface area contributed by atoms with Gasteiger partial charge >= 0.3 is 0 Å². The lowest BCUT2D eigenvalue weighted by molar-refractivity contribution is -0.225. The Morgan fingerprint density at radius 2 is 0.750 bits per heavy atom. The van der Waals surface area contributed by atoms with E-state index in [4.69, 9.17) is 9.47 Å². The summed E-state index contributed by atoms with van der Waals surface area (Å²) in [5.41, 5.74) is 7.95. The Kier molecular flexibility index (Phi) is 8.82. The van der Waals surface area contributed by atoms with Gasteiger partial charge in [-0.1, -0.05) is 140 Å². The number of fused-ring (bicyclic) bond motifs is 2. The fourth-order valence-electron chi connectivity index (χ4n) is 9.13. The molecule has 6 aromatic carbocycles. The Hall–Kier alpha value is -4.22. The Bertz CT molecular complexity index is 2040. The monoisotopic (exact) mass is 716 g/mol. The number of benzene rings is 6. The molecular formula is C48H46O2P2. The molecule has 9 rings (SSSR count). The summed E-state index contributed by atoms with van der Waals surface area (Å²) in [5.74, 6) is 2.00. The van der Waals surface area contributed by atoms with Gasteiger partial charge in [-0.25, -0.2) is 0 Å². The van der Waals surface area contributed by atoms with E-state index in [1.54, 1.807) is 0 Å². The van der Waals surface area contributed by atoms with Crippen LogP contribution in [0.5, 0.6) is 11.5 Å². The first-order valence-electron chi connectivity index (χ1n) is 18.9. The van der Waals surface area contributed by atoms with E-state index in [2.05, 4.69) is 161 Å². The SMILES string of the molecule is Cc1ccccc1P(c1ccccc1C)c1cccc2c1O[C@]13Oc4c(cccc4P(c4ccccc4C)c4ccccc4C)C[C@H]1CCCC3C2. The lowest BCUT2D eigenvalue weighted by Gasteiger charge is -2.54. The minimum absolute atomic E-state index is 0.293. The van der Waals surface area contributed by atoms with Gasteiger partial charge in [-0.2, -0.15) is 0 Å². The Morgan fingerprint density at radius 1 is 0.423 bits per heavy atom. The van der Waals surface area contributed by atoms with Gasteiger partial charge in [-0.3, -0.25) is 0 Å². The summed E-state index contributed by atoms with van der Waals surface area (Å²) in [6.45, 7) is 9.04. The molecule has 2 nitrogen and oxygen atoms in total. The highest BCUT2D eigenvalue weighted by atomic mass is 31.1. The summed E-state index contributed by atoms with van der Waals surface area (Å²) in [7, 11) is -1.74. The van der Waals surface area contributed by atoms with Gasteiger partial charge in [0.1, 0.15) is 11.5 Å². The number of aryl methyl sites for hydroxylation is 4. The maximum absolute atomic E-state index is 7.71. The van der Waals surface area contributed by atoms with Crippen LogP contribution < -0.4 is 41.3 Å². The summed E-state index contributed by atoms with van der Waals surface area (Å²) in [6.07, 6.45) is 5.41. The van der Waals surface area contributed by atoms with Gasteiger partial charge in [0, 0.05) is 22.4 Å². The summed E-state index contributed by atoms with van der Waals surface area (Å²) >= 11 is 0. The fourth-order valence-corrected chi connectivity index (χ4v) is 14.6. The first-order valence-corrected chi connectivity index (χ1v) is 21.6. The van der Waals surface area contributed by atoms with E-state index < -0.39 is 21.6 Å². The van der Waals surface area contributed by atoms with E-state index in [1.807, 2.05) is 0 Å². The van der Waals surface area contributed by atoms with Crippen molar-refractivity contribution in [3.05, 3.63) is 167 Å². The second kappa shape index (κ2) is 13.6. The molecule has 1 saturated carbocycles. The molecule has 52 heavy (non-hydrogen) atoms. The van der Waals surface area contributed by atoms with E-state index in [1.165, 1.54) is 71.6 Å². The van der Waals surface area contributed by atoms with Crippen molar-refractivity contribution in [2.75, 3.05) is 0 Å². The van der Waals surface area contributed by atoms with Crippen molar-refractivity contribution in [1.29, 1.82) is 0 Å². The highest BCUT2D eigenvalue weighted by Gasteiger charge is 2.57. The summed E-state index contributed by atoms with van der Waals surface area (Å²) in [6, 6.07) is 49.6. The van der Waals surface area contributed by atoms with E-state index >= 15 is 0 Å². The van der Waals surface area contributed by atoms with Crippen molar-refractivity contribution in [2.24, 2.45) is 11.8 Å². The Balaban J connectivity index is 1.21. The van der Waals surface area contributed by atoms with Crippen molar-refractivity contribution < 1.29 is 9.47 Å². The van der Waals surface area contributed by atoms with Crippen LogP contribution in [0.1, 0.15) is 52.6 Å². The molecule has 260 valence electrons. The molecular weight excluding hydrogens is 670 g/mol. The topological polar surface area (TPSA) is 18.5 Å². The molecule has 1 unspecified atom stereocenters. The first kappa shape index (κ1) is 33.6. The maximum Gasteiger partial charge on any atom is 0.257 e. The van der Waals surface area contributed by atoms with E-state index in [0.29, 0.717) is 11.8 Å². The van der Waals surface area contributed by atoms with Gasteiger partial charge in [-0.15, -0.1) is 0 Å². The second-order valence-electron chi connectivity index (χ2n) is 15.0. The highest BCUT2D eigenvalue weighted by Crippen LogP contribution is 2.55. The largest absolute Gasteiger partial charge is 0.451 e. The quantitative estimate of drug-likeness (QED) is 0.160. The zero-order chi connectivity index (χ0) is 35.4. The third-order valence-corrected chi connectivity index (χ3v) is 17.4. The molecule has 4 heteroatoms. The number of rotatable bonds is 6. The van der Waals surface area contributed by atoms with Gasteiger partial charge in [0.2, 0.25) is 0 Å². The summed E-state index contributed by atoms with van der Waals surface area (Å²) in [5, 5.41) is 8.17. The van der Waals surface area contributed by atoms with Gasteiger partial charge in [0.05, 0.1) is 0 Å². The molecule has 0 saturated heterocycles. The lowest BCUT2D eigenvalue weighted by Crippen LogP contribution is -2.62. The van der Waals surface area contributed by atoms with Crippen molar-refractivity contribution >= 4 is 47.7 Å². The summed E-state index contributed by atoms with van der Waals surface area (Å²) in [4.78, 5) is 0. The lowest BCUT2D eigenvalue weighted by atomic mass is 9.68. The average molecular weight is 717 g/mol. The normalized spacial score (nSPS) is 20.3. The number of para-hydroxylation sites is 2. The fraction of sp³-hybridized carbons (Fsp3) is 0.250. The molecule has 1 spiro atoms. The number of ether oxygens (including phenoxy) is 2. The molecule has 2 heterocycles. The zero-order valence-electron chi connectivity index (χ0n) is 30.6. The number of hydrogen-bond acceptors (Lipinski definition) is 2. The average Bonchev–Trinajstić information content (AvgIpc) is 3.16. The van der Waals surface area contributed by atoms with Crippen LogP contribution in [0.15, 0.2) is 133 Å². The first-order chi connectivity index (χ1) is 25.4. The van der Waals surface area contributed by atoms with Gasteiger partial charge in [-0.05, 0) is 124 Å². The molecule has 0 N–H and O–H groups in total. The molecule has 6 aromatic rings. The van der Waals surface area contributed by atoms with Crippen molar-refractivity contribution in [2.45, 2.75) is 65.6 Å². The number of hydrogen-bond donors (Lipinski definition) is 0. The molecule has 2 aliphatic heterocycles. The highest BCUT2D eigenvalue weighted by molar-refractivity contribution is 7.80. The van der Waals surface area contributed by atoms with E-state index in [-0.39, 0.29) is 0 Å². The van der Waals surface area contributed by atoms with E-state index in [9.17, 15) is 0 Å². The minimum atomic E-state index is -0.869. The third-order valence-electron chi connectivity index (χ3n) is 11.8. The second-order valence-corrected chi connectivity index (χ2v) is 19.2. The van der Waals surface area contributed by atoms with E-state index in [0.717, 1.165) is 37.2 Å². The molecule has 1 fully saturated rings. The molecule has 0 amide bonds. The molecule has 3 atom stereocenters. The third kappa shape index (κ3) is 5.62. The van der Waals surface area contributed by atoms with Gasteiger partial charge in [0.25, 0.3) is 5.79 Å². The van der Waals surface area contributed by atoms with Crippen molar-refractivity contribution in [1.82, 2.24) is 0 Å². The summed E-state index contributed by atoms with van der Waals surface area (Å²) < 4.78 is 15.4. The zero-order valence-corrected chi connectivity index (χ0v) is 32.4. The predicted octanol–water partition coefficient (Wildman–Crippen LogP) is 9.12.